The molecule has 74 valence electrons. The van der Waals surface area contributed by atoms with Crippen LogP contribution in [0.4, 0.5) is 0 Å². The van der Waals surface area contributed by atoms with E-state index in [1.165, 1.54) is 30.5 Å². The predicted molar refractivity (Wildman–Crippen MR) is 58.1 cm³/mol. The fraction of sp³-hybridized carbons (Fsp3) is 0.538. The van der Waals surface area contributed by atoms with Gasteiger partial charge in [0.2, 0.25) is 0 Å². The zero-order valence-electron chi connectivity index (χ0n) is 8.66. The Morgan fingerprint density at radius 3 is 2.43 bits per heavy atom. The lowest BCUT2D eigenvalue weighted by Crippen LogP contribution is -2.48. The molecule has 1 aromatic rings. The number of fused-ring (bicyclic) bond motifs is 2. The van der Waals surface area contributed by atoms with Crippen LogP contribution >= 0.6 is 0 Å². The minimum Gasteiger partial charge on any atom is -0.309 e. The van der Waals surface area contributed by atoms with Crippen molar-refractivity contribution in [2.24, 2.45) is 11.8 Å². The molecular weight excluding hydrogens is 170 g/mol. The Balaban J connectivity index is 1.83. The van der Waals surface area contributed by atoms with Crippen LogP contribution in [0.25, 0.3) is 0 Å². The number of benzene rings is 1. The quantitative estimate of drug-likeness (QED) is 0.712. The first kappa shape index (κ1) is 8.49. The molecule has 3 aliphatic rings. The standard InChI is InChI=1S/C13H17N/c1-9-2-4-11(5-3-9)13-12-6-10(7-12)8-14-13/h2-5,10,12-14H,6-8H2,1H3. The van der Waals surface area contributed by atoms with Gasteiger partial charge < -0.3 is 5.32 Å². The largest absolute Gasteiger partial charge is 0.309 e. The van der Waals surface area contributed by atoms with Crippen LogP contribution in [0, 0.1) is 18.8 Å². The molecule has 1 saturated carbocycles. The molecule has 1 aromatic carbocycles. The van der Waals surface area contributed by atoms with E-state index in [0.29, 0.717) is 6.04 Å². The molecule has 2 aliphatic heterocycles. The summed E-state index contributed by atoms with van der Waals surface area (Å²) in [7, 11) is 0. The van der Waals surface area contributed by atoms with E-state index in [1.807, 2.05) is 0 Å². The predicted octanol–water partition coefficient (Wildman–Crippen LogP) is 2.67. The van der Waals surface area contributed by atoms with Crippen molar-refractivity contribution in [1.82, 2.24) is 5.32 Å². The first-order chi connectivity index (χ1) is 6.83. The lowest BCUT2D eigenvalue weighted by atomic mass is 9.66. The fourth-order valence-corrected chi connectivity index (χ4v) is 2.85. The number of hydrogen-bond donors (Lipinski definition) is 1. The van der Waals surface area contributed by atoms with Gasteiger partial charge in [0.1, 0.15) is 0 Å². The molecule has 1 atom stereocenters. The Morgan fingerprint density at radius 2 is 1.86 bits per heavy atom. The average molecular weight is 187 g/mol. The summed E-state index contributed by atoms with van der Waals surface area (Å²) < 4.78 is 0. The lowest BCUT2D eigenvalue weighted by molar-refractivity contribution is 0.0831. The number of rotatable bonds is 1. The lowest BCUT2D eigenvalue weighted by Gasteiger charge is -2.47. The van der Waals surface area contributed by atoms with Crippen LogP contribution in [0.3, 0.4) is 0 Å². The van der Waals surface area contributed by atoms with Gasteiger partial charge in [-0.05, 0) is 43.7 Å². The molecule has 2 bridgehead atoms. The third-order valence-electron chi connectivity index (χ3n) is 3.81. The Labute approximate surface area is 85.5 Å². The monoisotopic (exact) mass is 187 g/mol. The summed E-state index contributed by atoms with van der Waals surface area (Å²) in [5, 5.41) is 3.65. The van der Waals surface area contributed by atoms with Gasteiger partial charge in [0.05, 0.1) is 0 Å². The molecule has 1 unspecified atom stereocenters. The highest BCUT2D eigenvalue weighted by Gasteiger charge is 2.40. The van der Waals surface area contributed by atoms with Crippen molar-refractivity contribution >= 4 is 0 Å². The number of hydrogen-bond acceptors (Lipinski definition) is 1. The average Bonchev–Trinajstić information content (AvgIpc) is 2.18. The smallest absolute Gasteiger partial charge is 0.0348 e. The van der Waals surface area contributed by atoms with Crippen molar-refractivity contribution in [3.8, 4) is 0 Å². The molecule has 0 spiro atoms. The van der Waals surface area contributed by atoms with Crippen molar-refractivity contribution in [1.29, 1.82) is 0 Å². The second kappa shape index (κ2) is 3.09. The molecule has 4 rings (SSSR count). The van der Waals surface area contributed by atoms with Gasteiger partial charge in [0, 0.05) is 6.04 Å². The van der Waals surface area contributed by atoms with Crippen LogP contribution in [0.2, 0.25) is 0 Å². The second-order valence-electron chi connectivity index (χ2n) is 4.89. The summed E-state index contributed by atoms with van der Waals surface area (Å²) in [6.07, 6.45) is 2.90. The maximum atomic E-state index is 3.65. The van der Waals surface area contributed by atoms with E-state index in [-0.39, 0.29) is 0 Å². The summed E-state index contributed by atoms with van der Waals surface area (Å²) in [5.41, 5.74) is 2.84. The third kappa shape index (κ3) is 1.27. The number of nitrogens with one attached hydrogen (secondary N) is 1. The molecule has 2 saturated heterocycles. The zero-order chi connectivity index (χ0) is 9.54. The highest BCUT2D eigenvalue weighted by atomic mass is 15.0. The van der Waals surface area contributed by atoms with Gasteiger partial charge in [0.15, 0.2) is 0 Å². The SMILES string of the molecule is Cc1ccc(C2NCC3CC2C3)cc1. The molecule has 14 heavy (non-hydrogen) atoms. The normalized spacial score (nSPS) is 35.1. The van der Waals surface area contributed by atoms with Gasteiger partial charge in [-0.25, -0.2) is 0 Å². The van der Waals surface area contributed by atoms with Crippen LogP contribution in [-0.2, 0) is 0 Å². The van der Waals surface area contributed by atoms with Crippen LogP contribution < -0.4 is 5.32 Å². The molecule has 2 heterocycles. The Bertz CT molecular complexity index is 319. The van der Waals surface area contributed by atoms with Gasteiger partial charge in [0.25, 0.3) is 0 Å². The van der Waals surface area contributed by atoms with Crippen LogP contribution in [0.5, 0.6) is 0 Å². The second-order valence-corrected chi connectivity index (χ2v) is 4.89. The van der Waals surface area contributed by atoms with Crippen molar-refractivity contribution in [2.75, 3.05) is 6.54 Å². The maximum Gasteiger partial charge on any atom is 0.0348 e. The van der Waals surface area contributed by atoms with E-state index in [4.69, 9.17) is 0 Å². The summed E-state index contributed by atoms with van der Waals surface area (Å²) >= 11 is 0. The minimum absolute atomic E-state index is 0.639. The van der Waals surface area contributed by atoms with Gasteiger partial charge in [-0.1, -0.05) is 29.8 Å². The third-order valence-corrected chi connectivity index (χ3v) is 3.81. The van der Waals surface area contributed by atoms with Crippen molar-refractivity contribution in [3.05, 3.63) is 35.4 Å². The Kier molecular flexibility index (Phi) is 1.88. The van der Waals surface area contributed by atoms with E-state index >= 15 is 0 Å². The summed E-state index contributed by atoms with van der Waals surface area (Å²) in [5.74, 6) is 1.90. The van der Waals surface area contributed by atoms with Crippen molar-refractivity contribution in [2.45, 2.75) is 25.8 Å². The first-order valence-corrected chi connectivity index (χ1v) is 5.63. The first-order valence-electron chi connectivity index (χ1n) is 5.63. The maximum absolute atomic E-state index is 3.65. The van der Waals surface area contributed by atoms with Crippen molar-refractivity contribution in [3.63, 3.8) is 0 Å². The highest BCUT2D eigenvalue weighted by molar-refractivity contribution is 5.26. The topological polar surface area (TPSA) is 12.0 Å². The molecular formula is C13H17N. The molecule has 1 N–H and O–H groups in total. The summed E-state index contributed by atoms with van der Waals surface area (Å²) in [6, 6.07) is 9.65. The van der Waals surface area contributed by atoms with Gasteiger partial charge in [-0.3, -0.25) is 0 Å². The number of piperidine rings is 2. The van der Waals surface area contributed by atoms with E-state index in [0.717, 1.165) is 11.8 Å². The molecule has 1 heteroatoms. The zero-order valence-corrected chi connectivity index (χ0v) is 8.66. The molecule has 0 aromatic heterocycles. The van der Waals surface area contributed by atoms with E-state index < -0.39 is 0 Å². The minimum atomic E-state index is 0.639. The Morgan fingerprint density at radius 1 is 1.14 bits per heavy atom. The molecule has 3 fully saturated rings. The van der Waals surface area contributed by atoms with Gasteiger partial charge in [-0.2, -0.15) is 0 Å². The van der Waals surface area contributed by atoms with Crippen LogP contribution in [0.1, 0.15) is 30.0 Å². The van der Waals surface area contributed by atoms with Crippen LogP contribution in [-0.4, -0.2) is 6.54 Å². The molecule has 0 radical (unpaired) electrons. The highest BCUT2D eigenvalue weighted by Crippen LogP contribution is 2.45. The van der Waals surface area contributed by atoms with Crippen molar-refractivity contribution < 1.29 is 0 Å². The Hall–Kier alpha value is -0.820. The van der Waals surface area contributed by atoms with E-state index in [9.17, 15) is 0 Å². The molecule has 1 aliphatic carbocycles. The van der Waals surface area contributed by atoms with E-state index in [1.54, 1.807) is 0 Å². The summed E-state index contributed by atoms with van der Waals surface area (Å²) in [6.45, 7) is 3.38. The molecule has 0 amide bonds. The fourth-order valence-electron chi connectivity index (χ4n) is 2.85. The molecule has 1 nitrogen and oxygen atoms in total. The van der Waals surface area contributed by atoms with Gasteiger partial charge in [-0.15, -0.1) is 0 Å². The van der Waals surface area contributed by atoms with E-state index in [2.05, 4.69) is 36.5 Å². The van der Waals surface area contributed by atoms with Crippen LogP contribution in [0.15, 0.2) is 24.3 Å². The number of aryl methyl sites for hydroxylation is 1. The van der Waals surface area contributed by atoms with Gasteiger partial charge >= 0.3 is 0 Å². The summed E-state index contributed by atoms with van der Waals surface area (Å²) in [4.78, 5) is 0.